The molecule has 0 aliphatic carbocycles. The quantitative estimate of drug-likeness (QED) is 0.697. The molecule has 1 aromatic heterocycles. The number of aromatic nitrogens is 2. The second-order valence-electron chi connectivity index (χ2n) is 3.03. The predicted octanol–water partition coefficient (Wildman–Crippen LogP) is 1.36. The van der Waals surface area contributed by atoms with Crippen LogP contribution in [0.2, 0.25) is 0 Å². The van der Waals surface area contributed by atoms with Crippen molar-refractivity contribution in [2.45, 2.75) is 19.4 Å². The molecule has 0 fully saturated rings. The minimum absolute atomic E-state index is 0.408. The van der Waals surface area contributed by atoms with Crippen LogP contribution in [0.3, 0.4) is 0 Å². The van der Waals surface area contributed by atoms with Crippen molar-refractivity contribution in [2.24, 2.45) is 0 Å². The maximum atomic E-state index is 9.30. The topological polar surface area (TPSA) is 46.0 Å². The van der Waals surface area contributed by atoms with Gasteiger partial charge in [0.1, 0.15) is 5.60 Å². The van der Waals surface area contributed by atoms with Crippen LogP contribution < -0.4 is 0 Å². The van der Waals surface area contributed by atoms with Gasteiger partial charge in [-0.05, 0) is 35.7 Å². The first-order valence-electron chi connectivity index (χ1n) is 3.70. The molecule has 1 N–H and O–H groups in total. The van der Waals surface area contributed by atoms with Gasteiger partial charge in [0.2, 0.25) is 5.82 Å². The van der Waals surface area contributed by atoms with E-state index in [1.165, 1.54) is 0 Å². The summed E-state index contributed by atoms with van der Waals surface area (Å²) in [5.74, 6) is 5.70. The van der Waals surface area contributed by atoms with Crippen LogP contribution in [-0.2, 0) is 0 Å². The molecule has 0 aromatic carbocycles. The summed E-state index contributed by atoms with van der Waals surface area (Å²) in [6.07, 6.45) is 3.22. The van der Waals surface area contributed by atoms with Crippen molar-refractivity contribution in [2.75, 3.05) is 0 Å². The van der Waals surface area contributed by atoms with Gasteiger partial charge in [0.15, 0.2) is 0 Å². The van der Waals surface area contributed by atoms with Crippen molar-refractivity contribution < 1.29 is 5.11 Å². The fourth-order valence-corrected chi connectivity index (χ4v) is 0.790. The molecule has 1 rings (SSSR count). The van der Waals surface area contributed by atoms with E-state index in [1.54, 1.807) is 26.2 Å². The summed E-state index contributed by atoms with van der Waals surface area (Å²) in [6.45, 7) is 3.22. The molecule has 0 spiro atoms. The number of aliphatic hydroxyl groups is 1. The molecule has 1 heterocycles. The highest BCUT2D eigenvalue weighted by molar-refractivity contribution is 9.10. The van der Waals surface area contributed by atoms with Crippen LogP contribution in [0.1, 0.15) is 19.7 Å². The predicted molar refractivity (Wildman–Crippen MR) is 52.9 cm³/mol. The SMILES string of the molecule is CC(C)(O)C#Cc1ncc(Br)cn1. The standard InChI is InChI=1S/C9H9BrN2O/c1-9(2,13)4-3-8-11-5-7(10)6-12-8/h5-6,13H,1-2H3. The van der Waals surface area contributed by atoms with Gasteiger partial charge in [-0.1, -0.05) is 5.92 Å². The third-order valence-corrected chi connectivity index (χ3v) is 1.51. The Morgan fingerprint density at radius 3 is 2.38 bits per heavy atom. The van der Waals surface area contributed by atoms with Gasteiger partial charge >= 0.3 is 0 Å². The lowest BCUT2D eigenvalue weighted by Crippen LogP contribution is -2.14. The molecule has 0 atom stereocenters. The minimum Gasteiger partial charge on any atom is -0.378 e. The van der Waals surface area contributed by atoms with E-state index < -0.39 is 5.60 Å². The lowest BCUT2D eigenvalue weighted by Gasteiger charge is -2.05. The molecular weight excluding hydrogens is 232 g/mol. The molecule has 13 heavy (non-hydrogen) atoms. The van der Waals surface area contributed by atoms with Crippen molar-refractivity contribution in [3.8, 4) is 11.8 Å². The molecule has 0 aliphatic rings. The molecule has 1 aromatic rings. The van der Waals surface area contributed by atoms with Gasteiger partial charge in [0, 0.05) is 12.4 Å². The van der Waals surface area contributed by atoms with E-state index in [9.17, 15) is 5.11 Å². The summed E-state index contributed by atoms with van der Waals surface area (Å²) in [6, 6.07) is 0. The average Bonchev–Trinajstić information content (AvgIpc) is 2.02. The Morgan fingerprint density at radius 1 is 1.38 bits per heavy atom. The van der Waals surface area contributed by atoms with Crippen LogP contribution in [-0.4, -0.2) is 20.7 Å². The zero-order chi connectivity index (χ0) is 9.90. The van der Waals surface area contributed by atoms with Gasteiger partial charge in [-0.2, -0.15) is 0 Å². The van der Waals surface area contributed by atoms with Crippen LogP contribution in [0, 0.1) is 11.8 Å². The van der Waals surface area contributed by atoms with Crippen LogP contribution >= 0.6 is 15.9 Å². The van der Waals surface area contributed by atoms with Crippen molar-refractivity contribution >= 4 is 15.9 Å². The van der Waals surface area contributed by atoms with E-state index in [2.05, 4.69) is 37.7 Å². The smallest absolute Gasteiger partial charge is 0.204 e. The Bertz CT molecular complexity index is 343. The van der Waals surface area contributed by atoms with Crippen molar-refractivity contribution in [1.29, 1.82) is 0 Å². The number of rotatable bonds is 0. The van der Waals surface area contributed by atoms with Gasteiger partial charge < -0.3 is 5.11 Å². The first kappa shape index (κ1) is 10.2. The number of nitrogens with zero attached hydrogens (tertiary/aromatic N) is 2. The highest BCUT2D eigenvalue weighted by atomic mass is 79.9. The summed E-state index contributed by atoms with van der Waals surface area (Å²) >= 11 is 3.21. The van der Waals surface area contributed by atoms with Crippen LogP contribution in [0.5, 0.6) is 0 Å². The van der Waals surface area contributed by atoms with E-state index in [0.717, 1.165) is 4.47 Å². The zero-order valence-electron chi connectivity index (χ0n) is 7.37. The van der Waals surface area contributed by atoms with Crippen molar-refractivity contribution in [3.63, 3.8) is 0 Å². The van der Waals surface area contributed by atoms with E-state index in [1.807, 2.05) is 0 Å². The lowest BCUT2D eigenvalue weighted by molar-refractivity contribution is 0.143. The monoisotopic (exact) mass is 240 g/mol. The van der Waals surface area contributed by atoms with Gasteiger partial charge in [-0.15, -0.1) is 0 Å². The largest absolute Gasteiger partial charge is 0.378 e. The fraction of sp³-hybridized carbons (Fsp3) is 0.333. The molecule has 3 nitrogen and oxygen atoms in total. The molecule has 0 aliphatic heterocycles. The molecule has 0 bridgehead atoms. The summed E-state index contributed by atoms with van der Waals surface area (Å²) in [5, 5.41) is 9.30. The van der Waals surface area contributed by atoms with Gasteiger partial charge in [0.05, 0.1) is 4.47 Å². The third-order valence-electron chi connectivity index (χ3n) is 1.10. The molecule has 0 amide bonds. The van der Waals surface area contributed by atoms with Gasteiger partial charge in [0.25, 0.3) is 0 Å². The molecule has 0 radical (unpaired) electrons. The minimum atomic E-state index is -1.00. The Kier molecular flexibility index (Phi) is 3.02. The van der Waals surface area contributed by atoms with E-state index in [-0.39, 0.29) is 0 Å². The van der Waals surface area contributed by atoms with E-state index in [4.69, 9.17) is 0 Å². The third kappa shape index (κ3) is 4.02. The van der Waals surface area contributed by atoms with Crippen LogP contribution in [0.25, 0.3) is 0 Å². The molecule has 0 saturated heterocycles. The van der Waals surface area contributed by atoms with Crippen LogP contribution in [0.15, 0.2) is 16.9 Å². The summed E-state index contributed by atoms with van der Waals surface area (Å²) in [4.78, 5) is 7.88. The summed E-state index contributed by atoms with van der Waals surface area (Å²) < 4.78 is 0.807. The maximum absolute atomic E-state index is 9.30. The second-order valence-corrected chi connectivity index (χ2v) is 3.95. The normalized spacial score (nSPS) is 10.5. The maximum Gasteiger partial charge on any atom is 0.204 e. The highest BCUT2D eigenvalue weighted by Gasteiger charge is 2.05. The fourth-order valence-electron chi connectivity index (χ4n) is 0.586. The Labute approximate surface area is 85.4 Å². The first-order chi connectivity index (χ1) is 5.97. The molecule has 4 heteroatoms. The number of hydrogen-bond acceptors (Lipinski definition) is 3. The molecule has 68 valence electrons. The summed E-state index contributed by atoms with van der Waals surface area (Å²) in [5.41, 5.74) is -1.00. The van der Waals surface area contributed by atoms with Crippen molar-refractivity contribution in [1.82, 2.24) is 9.97 Å². The van der Waals surface area contributed by atoms with Crippen LogP contribution in [0.4, 0.5) is 0 Å². The Balaban J connectivity index is 2.85. The average molecular weight is 241 g/mol. The Hall–Kier alpha value is -0.920. The molecule has 0 saturated carbocycles. The lowest BCUT2D eigenvalue weighted by atomic mass is 10.1. The van der Waals surface area contributed by atoms with Gasteiger partial charge in [-0.25, -0.2) is 9.97 Å². The van der Waals surface area contributed by atoms with E-state index in [0.29, 0.717) is 5.82 Å². The van der Waals surface area contributed by atoms with E-state index >= 15 is 0 Å². The Morgan fingerprint density at radius 2 is 1.92 bits per heavy atom. The van der Waals surface area contributed by atoms with Gasteiger partial charge in [-0.3, -0.25) is 0 Å². The highest BCUT2D eigenvalue weighted by Crippen LogP contribution is 2.04. The zero-order valence-corrected chi connectivity index (χ0v) is 8.96. The van der Waals surface area contributed by atoms with Crippen molar-refractivity contribution in [3.05, 3.63) is 22.7 Å². The molecular formula is C9H9BrN2O. The number of hydrogen-bond donors (Lipinski definition) is 1. The second kappa shape index (κ2) is 3.86. The molecule has 0 unspecified atom stereocenters. The number of halogens is 1. The first-order valence-corrected chi connectivity index (χ1v) is 4.50. The summed E-state index contributed by atoms with van der Waals surface area (Å²) in [7, 11) is 0.